The maximum Gasteiger partial charge on any atom is 0.244 e. The molecule has 1 aliphatic rings. The Labute approximate surface area is 199 Å². The molecule has 0 unspecified atom stereocenters. The topological polar surface area (TPSA) is 76.8 Å². The Balaban J connectivity index is 1.25. The van der Waals surface area contributed by atoms with E-state index >= 15 is 0 Å². The summed E-state index contributed by atoms with van der Waals surface area (Å²) in [7, 11) is 0. The highest BCUT2D eigenvalue weighted by molar-refractivity contribution is 5.77. The van der Waals surface area contributed by atoms with Crippen molar-refractivity contribution < 1.29 is 4.79 Å². The molecule has 2 aromatic heterocycles. The fourth-order valence-corrected chi connectivity index (χ4v) is 4.45. The third kappa shape index (κ3) is 5.20. The van der Waals surface area contributed by atoms with Crippen LogP contribution in [0.1, 0.15) is 25.1 Å². The highest BCUT2D eigenvalue weighted by atomic mass is 16.2. The summed E-state index contributed by atoms with van der Waals surface area (Å²) < 4.78 is 1.75. The summed E-state index contributed by atoms with van der Waals surface area (Å²) in [5.41, 5.74) is 1.89. The number of rotatable bonds is 7. The first-order valence-electron chi connectivity index (χ1n) is 11.9. The van der Waals surface area contributed by atoms with Crippen molar-refractivity contribution in [1.29, 1.82) is 0 Å². The number of piperidine rings is 1. The second-order valence-electron chi connectivity index (χ2n) is 8.68. The smallest absolute Gasteiger partial charge is 0.244 e. The molecule has 4 aromatic rings. The Hall–Kier alpha value is -3.87. The number of carbonyl (C=O) groups excluding carboxylic acids is 1. The molecule has 172 valence electrons. The lowest BCUT2D eigenvalue weighted by Gasteiger charge is -2.32. The molecule has 34 heavy (non-hydrogen) atoms. The molecule has 7 nitrogen and oxygen atoms in total. The number of aromatic nitrogens is 5. The van der Waals surface area contributed by atoms with Gasteiger partial charge in [-0.3, -0.25) is 4.79 Å². The largest absolute Gasteiger partial charge is 0.341 e. The first-order chi connectivity index (χ1) is 16.8. The van der Waals surface area contributed by atoms with Crippen molar-refractivity contribution in [2.24, 2.45) is 5.92 Å². The zero-order chi connectivity index (χ0) is 23.2. The van der Waals surface area contributed by atoms with Crippen molar-refractivity contribution in [3.63, 3.8) is 0 Å². The SMILES string of the molecule is O=C(Cn1nc(-c2ccccc2)nc1-c1ccccc1)N1CCC(CCc2ncccn2)CC1. The van der Waals surface area contributed by atoms with Gasteiger partial charge < -0.3 is 4.90 Å². The first-order valence-corrected chi connectivity index (χ1v) is 11.9. The lowest BCUT2D eigenvalue weighted by molar-refractivity contribution is -0.133. The Kier molecular flexibility index (Phi) is 6.70. The number of likely N-dealkylation sites (tertiary alicyclic amines) is 1. The zero-order valence-corrected chi connectivity index (χ0v) is 19.1. The summed E-state index contributed by atoms with van der Waals surface area (Å²) in [6, 6.07) is 21.7. The molecule has 0 bridgehead atoms. The van der Waals surface area contributed by atoms with E-state index in [-0.39, 0.29) is 12.5 Å². The molecule has 0 N–H and O–H groups in total. The van der Waals surface area contributed by atoms with Gasteiger partial charge in [-0.1, -0.05) is 60.7 Å². The van der Waals surface area contributed by atoms with Crippen LogP contribution in [-0.2, 0) is 17.8 Å². The van der Waals surface area contributed by atoms with Crippen molar-refractivity contribution in [1.82, 2.24) is 29.6 Å². The Morgan fingerprint density at radius 2 is 1.50 bits per heavy atom. The van der Waals surface area contributed by atoms with Crippen molar-refractivity contribution in [3.05, 3.63) is 84.9 Å². The van der Waals surface area contributed by atoms with Gasteiger partial charge in [0, 0.05) is 43.0 Å². The number of nitrogens with zero attached hydrogens (tertiary/aromatic N) is 6. The molecule has 1 fully saturated rings. The van der Waals surface area contributed by atoms with Crippen molar-refractivity contribution >= 4 is 5.91 Å². The van der Waals surface area contributed by atoms with E-state index in [0.717, 1.165) is 55.7 Å². The van der Waals surface area contributed by atoms with Gasteiger partial charge in [0.15, 0.2) is 11.6 Å². The average molecular weight is 453 g/mol. The van der Waals surface area contributed by atoms with E-state index in [1.807, 2.05) is 71.6 Å². The minimum atomic E-state index is 0.0894. The minimum Gasteiger partial charge on any atom is -0.341 e. The maximum absolute atomic E-state index is 13.2. The average Bonchev–Trinajstić information content (AvgIpc) is 3.33. The number of aryl methyl sites for hydroxylation is 1. The Bertz CT molecular complexity index is 1200. The molecule has 7 heteroatoms. The molecule has 3 heterocycles. The number of hydrogen-bond donors (Lipinski definition) is 0. The molecule has 0 radical (unpaired) electrons. The number of carbonyl (C=O) groups is 1. The third-order valence-electron chi connectivity index (χ3n) is 6.38. The lowest BCUT2D eigenvalue weighted by atomic mass is 9.92. The quantitative estimate of drug-likeness (QED) is 0.418. The van der Waals surface area contributed by atoms with E-state index in [0.29, 0.717) is 17.6 Å². The zero-order valence-electron chi connectivity index (χ0n) is 19.1. The van der Waals surface area contributed by atoms with Crippen LogP contribution in [0.15, 0.2) is 79.1 Å². The predicted octanol–water partition coefficient (Wildman–Crippen LogP) is 4.27. The van der Waals surface area contributed by atoms with Gasteiger partial charge in [0.2, 0.25) is 5.91 Å². The van der Waals surface area contributed by atoms with Crippen LogP contribution < -0.4 is 0 Å². The number of amides is 1. The molecule has 1 saturated heterocycles. The van der Waals surface area contributed by atoms with Gasteiger partial charge in [-0.05, 0) is 31.2 Å². The molecule has 0 aliphatic carbocycles. The summed E-state index contributed by atoms with van der Waals surface area (Å²) in [6.07, 6.45) is 7.56. The predicted molar refractivity (Wildman–Crippen MR) is 131 cm³/mol. The molecule has 0 atom stereocenters. The Morgan fingerprint density at radius 3 is 2.18 bits per heavy atom. The van der Waals surface area contributed by atoms with Crippen molar-refractivity contribution in [2.75, 3.05) is 13.1 Å². The van der Waals surface area contributed by atoms with E-state index in [4.69, 9.17) is 10.1 Å². The second-order valence-corrected chi connectivity index (χ2v) is 8.68. The lowest BCUT2D eigenvalue weighted by Crippen LogP contribution is -2.40. The summed E-state index contributed by atoms with van der Waals surface area (Å²) >= 11 is 0. The number of benzene rings is 2. The van der Waals surface area contributed by atoms with Crippen LogP contribution in [0.5, 0.6) is 0 Å². The van der Waals surface area contributed by atoms with Crippen LogP contribution in [-0.4, -0.2) is 48.6 Å². The molecule has 0 spiro atoms. The van der Waals surface area contributed by atoms with Crippen LogP contribution in [0.25, 0.3) is 22.8 Å². The van der Waals surface area contributed by atoms with Crippen LogP contribution in [0.4, 0.5) is 0 Å². The van der Waals surface area contributed by atoms with Gasteiger partial charge in [-0.15, -0.1) is 5.10 Å². The van der Waals surface area contributed by atoms with Crippen LogP contribution in [0.2, 0.25) is 0 Å². The van der Waals surface area contributed by atoms with Gasteiger partial charge in [-0.2, -0.15) is 0 Å². The highest BCUT2D eigenvalue weighted by Crippen LogP contribution is 2.24. The molecule has 1 amide bonds. The van der Waals surface area contributed by atoms with Gasteiger partial charge in [0.05, 0.1) is 0 Å². The van der Waals surface area contributed by atoms with E-state index in [9.17, 15) is 4.79 Å². The highest BCUT2D eigenvalue weighted by Gasteiger charge is 2.24. The minimum absolute atomic E-state index is 0.0894. The van der Waals surface area contributed by atoms with Crippen molar-refractivity contribution in [3.8, 4) is 22.8 Å². The summed E-state index contributed by atoms with van der Waals surface area (Å²) in [5, 5.41) is 4.71. The van der Waals surface area contributed by atoms with E-state index in [2.05, 4.69) is 9.97 Å². The van der Waals surface area contributed by atoms with Crippen LogP contribution in [0.3, 0.4) is 0 Å². The monoisotopic (exact) mass is 452 g/mol. The Morgan fingerprint density at radius 1 is 0.853 bits per heavy atom. The van der Waals surface area contributed by atoms with E-state index in [1.165, 1.54) is 0 Å². The maximum atomic E-state index is 13.2. The van der Waals surface area contributed by atoms with E-state index in [1.54, 1.807) is 17.1 Å². The fraction of sp³-hybridized carbons (Fsp3) is 0.296. The fourth-order valence-electron chi connectivity index (χ4n) is 4.45. The van der Waals surface area contributed by atoms with E-state index < -0.39 is 0 Å². The molecule has 0 saturated carbocycles. The van der Waals surface area contributed by atoms with Gasteiger partial charge in [0.25, 0.3) is 0 Å². The number of hydrogen-bond acceptors (Lipinski definition) is 5. The van der Waals surface area contributed by atoms with Gasteiger partial charge in [-0.25, -0.2) is 19.6 Å². The second kappa shape index (κ2) is 10.4. The first kappa shape index (κ1) is 21.9. The summed E-state index contributed by atoms with van der Waals surface area (Å²) in [6.45, 7) is 1.74. The summed E-state index contributed by atoms with van der Waals surface area (Å²) in [5.74, 6) is 2.94. The van der Waals surface area contributed by atoms with Crippen molar-refractivity contribution in [2.45, 2.75) is 32.2 Å². The molecule has 2 aromatic carbocycles. The van der Waals surface area contributed by atoms with Crippen LogP contribution >= 0.6 is 0 Å². The third-order valence-corrected chi connectivity index (χ3v) is 6.38. The van der Waals surface area contributed by atoms with Crippen LogP contribution in [0, 0.1) is 5.92 Å². The summed E-state index contributed by atoms with van der Waals surface area (Å²) in [4.78, 5) is 28.6. The van der Waals surface area contributed by atoms with Gasteiger partial charge >= 0.3 is 0 Å². The molecule has 5 rings (SSSR count). The molecular formula is C27H28N6O. The normalized spacial score (nSPS) is 14.3. The molecule has 1 aliphatic heterocycles. The standard InChI is InChI=1S/C27H28N6O/c34-25(32-18-14-21(15-19-32)12-13-24-28-16-7-17-29-24)20-33-27(23-10-5-2-6-11-23)30-26(31-33)22-8-3-1-4-9-22/h1-11,16-17,21H,12-15,18-20H2. The van der Waals surface area contributed by atoms with Gasteiger partial charge in [0.1, 0.15) is 12.4 Å². The molecular weight excluding hydrogens is 424 g/mol.